The molecule has 9 nitrogen and oxygen atoms in total. The van der Waals surface area contributed by atoms with Gasteiger partial charge < -0.3 is 15.1 Å². The quantitative estimate of drug-likeness (QED) is 0.117. The molecule has 2 aliphatic carbocycles. The molecule has 0 unspecified atom stereocenters. The van der Waals surface area contributed by atoms with Crippen LogP contribution in [0.2, 0.25) is 0 Å². The Labute approximate surface area is 370 Å². The van der Waals surface area contributed by atoms with Gasteiger partial charge in [-0.2, -0.15) is 0 Å². The molecule has 3 amide bonds. The zero-order valence-electron chi connectivity index (χ0n) is 34.5. The summed E-state index contributed by atoms with van der Waals surface area (Å²) in [5.41, 5.74) is 6.90. The fraction of sp³-hybridized carbons (Fsp3) is 0.333. The lowest BCUT2D eigenvalue weighted by Gasteiger charge is -2.28. The van der Waals surface area contributed by atoms with Crippen LogP contribution in [-0.4, -0.2) is 56.4 Å². The van der Waals surface area contributed by atoms with E-state index in [0.29, 0.717) is 13.1 Å². The largest absolute Gasteiger partial charge is 0.340 e. The summed E-state index contributed by atoms with van der Waals surface area (Å²) < 4.78 is 0. The lowest BCUT2D eigenvalue weighted by Crippen LogP contribution is -2.43. The van der Waals surface area contributed by atoms with Gasteiger partial charge in [0.25, 0.3) is 0 Å². The second-order valence-electron chi connectivity index (χ2n) is 17.2. The molecular formula is C51H49N5O4S2. The van der Waals surface area contributed by atoms with Crippen LogP contribution >= 0.6 is 22.7 Å². The summed E-state index contributed by atoms with van der Waals surface area (Å²) in [6.07, 6.45) is 9.35. The molecule has 6 aromatic rings. The van der Waals surface area contributed by atoms with Crippen LogP contribution < -0.4 is 5.32 Å². The summed E-state index contributed by atoms with van der Waals surface area (Å²) in [7, 11) is 0. The average Bonchev–Trinajstić information content (AvgIpc) is 4.07. The molecule has 4 aliphatic rings. The van der Waals surface area contributed by atoms with Crippen molar-refractivity contribution in [3.8, 4) is 32.8 Å². The van der Waals surface area contributed by atoms with Crippen molar-refractivity contribution in [2.24, 2.45) is 11.8 Å². The lowest BCUT2D eigenvalue weighted by atomic mass is 9.91. The number of carbonyl (C=O) groups excluding carboxylic acids is 4. The van der Waals surface area contributed by atoms with Crippen molar-refractivity contribution in [2.45, 2.75) is 81.8 Å². The summed E-state index contributed by atoms with van der Waals surface area (Å²) in [6.45, 7) is 1.31. The number of likely N-dealkylation sites (tertiary alicyclic amines) is 2. The Morgan fingerprint density at radius 3 is 1.82 bits per heavy atom. The van der Waals surface area contributed by atoms with Crippen molar-refractivity contribution in [1.29, 1.82) is 0 Å². The van der Waals surface area contributed by atoms with Crippen LogP contribution in [0, 0.1) is 11.8 Å². The van der Waals surface area contributed by atoms with Gasteiger partial charge in [0.2, 0.25) is 17.7 Å². The van der Waals surface area contributed by atoms with Crippen LogP contribution in [0.25, 0.3) is 32.8 Å². The monoisotopic (exact) mass is 859 g/mol. The number of amides is 3. The molecule has 2 saturated carbocycles. The Kier molecular flexibility index (Phi) is 11.4. The van der Waals surface area contributed by atoms with Gasteiger partial charge in [-0.05, 0) is 79.2 Å². The number of hydrogen-bond donors (Lipinski definition) is 1. The molecule has 1 N–H and O–H groups in total. The highest BCUT2D eigenvalue weighted by Crippen LogP contribution is 2.42. The third-order valence-corrected chi connectivity index (χ3v) is 15.0. The molecule has 0 radical (unpaired) electrons. The van der Waals surface area contributed by atoms with Crippen LogP contribution in [0.15, 0.2) is 121 Å². The molecule has 4 atom stereocenters. The van der Waals surface area contributed by atoms with Crippen LogP contribution in [0.4, 0.5) is 0 Å². The number of ketones is 1. The first-order valence-corrected chi connectivity index (χ1v) is 23.7. The van der Waals surface area contributed by atoms with Crippen molar-refractivity contribution < 1.29 is 19.2 Å². The van der Waals surface area contributed by atoms with Gasteiger partial charge in [0, 0.05) is 48.5 Å². The molecule has 2 saturated heterocycles. The van der Waals surface area contributed by atoms with E-state index in [1.807, 2.05) is 76.7 Å². The van der Waals surface area contributed by atoms with Crippen molar-refractivity contribution in [3.05, 3.63) is 142 Å². The van der Waals surface area contributed by atoms with Crippen molar-refractivity contribution in [1.82, 2.24) is 25.1 Å². The SMILES string of the molecule is O=C(C[C@@H](C(=O)N1CCC[C@H]1c1ncc(-c2ccc(-c3ccc(-c4csc([C@@H]5CCCN5C(=O)[C@H](NC(=O)C5CC5)c5ccccc5)n4)cc3)cc2)s1)c1ccccc1)C1CC1. The number of benzene rings is 4. The second-order valence-corrected chi connectivity index (χ2v) is 19.2. The van der Waals surface area contributed by atoms with Gasteiger partial charge in [-0.25, -0.2) is 9.97 Å². The first kappa shape index (κ1) is 40.3. The minimum atomic E-state index is -0.709. The number of hydrogen-bond acceptors (Lipinski definition) is 8. The topological polar surface area (TPSA) is 113 Å². The molecule has 10 rings (SSSR count). The molecular weight excluding hydrogens is 811 g/mol. The van der Waals surface area contributed by atoms with E-state index in [1.54, 1.807) is 22.7 Å². The molecule has 4 aromatic carbocycles. The van der Waals surface area contributed by atoms with E-state index in [2.05, 4.69) is 59.2 Å². The van der Waals surface area contributed by atoms with Gasteiger partial charge in [0.05, 0.1) is 28.6 Å². The Bertz CT molecular complexity index is 2390. The summed E-state index contributed by atoms with van der Waals surface area (Å²) in [4.78, 5) is 69.0. The van der Waals surface area contributed by atoms with E-state index >= 15 is 0 Å². The lowest BCUT2D eigenvalue weighted by molar-refractivity contribution is -0.137. The predicted molar refractivity (Wildman–Crippen MR) is 243 cm³/mol. The maximum absolute atomic E-state index is 14.2. The summed E-state index contributed by atoms with van der Waals surface area (Å²) >= 11 is 3.23. The van der Waals surface area contributed by atoms with Gasteiger partial charge in [0.1, 0.15) is 21.8 Å². The van der Waals surface area contributed by atoms with Gasteiger partial charge in [0.15, 0.2) is 0 Å². The van der Waals surface area contributed by atoms with Crippen molar-refractivity contribution in [2.75, 3.05) is 13.1 Å². The number of nitrogens with one attached hydrogen (secondary N) is 1. The number of aromatic nitrogens is 2. The number of rotatable bonds is 14. The van der Waals surface area contributed by atoms with Crippen LogP contribution in [0.3, 0.4) is 0 Å². The van der Waals surface area contributed by atoms with Gasteiger partial charge in [-0.15, -0.1) is 22.7 Å². The second kappa shape index (κ2) is 17.5. The highest BCUT2D eigenvalue weighted by molar-refractivity contribution is 7.15. The van der Waals surface area contributed by atoms with Crippen molar-refractivity contribution in [3.63, 3.8) is 0 Å². The van der Waals surface area contributed by atoms with E-state index in [1.165, 1.54) is 0 Å². The molecule has 4 fully saturated rings. The fourth-order valence-electron chi connectivity index (χ4n) is 9.09. The van der Waals surface area contributed by atoms with E-state index in [9.17, 15) is 19.2 Å². The Balaban J connectivity index is 0.797. The molecule has 2 aromatic heterocycles. The zero-order valence-corrected chi connectivity index (χ0v) is 36.2. The zero-order chi connectivity index (χ0) is 42.2. The normalized spacial score (nSPS) is 19.6. The molecule has 11 heteroatoms. The Morgan fingerprint density at radius 2 is 1.19 bits per heavy atom. The van der Waals surface area contributed by atoms with Gasteiger partial charge in [-0.3, -0.25) is 19.2 Å². The number of nitrogens with zero attached hydrogens (tertiary/aromatic N) is 4. The van der Waals surface area contributed by atoms with Gasteiger partial charge in [-0.1, -0.05) is 109 Å². The Morgan fingerprint density at radius 1 is 0.629 bits per heavy atom. The minimum Gasteiger partial charge on any atom is -0.340 e. The Hall–Kier alpha value is -5.78. The number of Topliss-reactive ketones (excluding diaryl/α,β-unsaturated/α-hetero) is 1. The summed E-state index contributed by atoms with van der Waals surface area (Å²) in [6, 6.07) is 35.4. The van der Waals surface area contributed by atoms with E-state index < -0.39 is 12.0 Å². The first-order valence-electron chi connectivity index (χ1n) is 22.0. The summed E-state index contributed by atoms with van der Waals surface area (Å²) in [5.74, 6) is -0.200. The van der Waals surface area contributed by atoms with E-state index in [4.69, 9.17) is 9.97 Å². The third kappa shape index (κ3) is 8.52. The molecule has 0 bridgehead atoms. The van der Waals surface area contributed by atoms with Crippen molar-refractivity contribution >= 4 is 46.2 Å². The highest BCUT2D eigenvalue weighted by atomic mass is 32.1. The fourth-order valence-corrected chi connectivity index (χ4v) is 11.1. The number of carbonyl (C=O) groups is 4. The van der Waals surface area contributed by atoms with Gasteiger partial charge >= 0.3 is 0 Å². The van der Waals surface area contributed by atoms with Crippen LogP contribution in [0.5, 0.6) is 0 Å². The predicted octanol–water partition coefficient (Wildman–Crippen LogP) is 10.3. The van der Waals surface area contributed by atoms with Crippen LogP contribution in [0.1, 0.15) is 103 Å². The molecule has 0 spiro atoms. The molecule has 2 aliphatic heterocycles. The molecule has 62 heavy (non-hydrogen) atoms. The molecule has 4 heterocycles. The maximum Gasteiger partial charge on any atom is 0.250 e. The van der Waals surface area contributed by atoms with Crippen LogP contribution in [-0.2, 0) is 19.2 Å². The standard InChI is InChI=1S/C51H49N5O4S2/c57-44(36-21-22-36)29-40(34-9-3-1-4-10-34)50(59)55-27-7-13-42(55)48-52-30-45(62-48)37-23-17-33(18-24-37)32-15-19-35(20-16-32)41-31-61-49(53-41)43-14-8-28-56(43)51(60)46(38-11-5-2-6-12-38)54-47(58)39-25-26-39/h1-6,9-12,15-20,23-24,30-31,36,39-40,42-43,46H,7-8,13-14,21-22,25-29H2,(H,54,58)/t40-,42+,43+,46-/m1/s1. The smallest absolute Gasteiger partial charge is 0.250 e. The first-order chi connectivity index (χ1) is 30.4. The van der Waals surface area contributed by atoms with E-state index in [-0.39, 0.29) is 53.8 Å². The third-order valence-electron chi connectivity index (χ3n) is 12.9. The summed E-state index contributed by atoms with van der Waals surface area (Å²) in [5, 5.41) is 7.00. The average molecular weight is 860 g/mol. The maximum atomic E-state index is 14.2. The number of thiazole rings is 2. The van der Waals surface area contributed by atoms with E-state index in [0.717, 1.165) is 105 Å². The highest BCUT2D eigenvalue weighted by Gasteiger charge is 2.41. The minimum absolute atomic E-state index is 0.0123. The molecule has 314 valence electrons.